The molecule has 112 valence electrons. The van der Waals surface area contributed by atoms with Gasteiger partial charge in [-0.05, 0) is 23.0 Å². The van der Waals surface area contributed by atoms with Crippen LogP contribution in [0.4, 0.5) is 0 Å². The molecular formula is C20H27N. The van der Waals surface area contributed by atoms with Gasteiger partial charge < -0.3 is 5.32 Å². The molecule has 2 rings (SSSR count). The van der Waals surface area contributed by atoms with Gasteiger partial charge in [-0.2, -0.15) is 0 Å². The lowest BCUT2D eigenvalue weighted by Gasteiger charge is -2.35. The molecule has 0 aliphatic carbocycles. The summed E-state index contributed by atoms with van der Waals surface area (Å²) in [4.78, 5) is 0. The highest BCUT2D eigenvalue weighted by Gasteiger charge is 2.28. The van der Waals surface area contributed by atoms with E-state index in [0.29, 0.717) is 12.1 Å². The monoisotopic (exact) mass is 281 g/mol. The van der Waals surface area contributed by atoms with Gasteiger partial charge in [0.2, 0.25) is 0 Å². The molecule has 0 bridgehead atoms. The van der Waals surface area contributed by atoms with Crippen LogP contribution in [0, 0.1) is 5.41 Å². The van der Waals surface area contributed by atoms with Gasteiger partial charge in [-0.3, -0.25) is 0 Å². The van der Waals surface area contributed by atoms with E-state index in [1.165, 1.54) is 11.1 Å². The van der Waals surface area contributed by atoms with E-state index in [4.69, 9.17) is 0 Å². The largest absolute Gasteiger partial charge is 0.303 e. The van der Waals surface area contributed by atoms with Crippen LogP contribution in [-0.4, -0.2) is 0 Å². The molecule has 21 heavy (non-hydrogen) atoms. The maximum Gasteiger partial charge on any atom is 0.0374 e. The van der Waals surface area contributed by atoms with Crippen LogP contribution in [0.2, 0.25) is 0 Å². The molecule has 2 unspecified atom stereocenters. The average molecular weight is 281 g/mol. The van der Waals surface area contributed by atoms with Gasteiger partial charge in [0.1, 0.15) is 0 Å². The van der Waals surface area contributed by atoms with Gasteiger partial charge in [0, 0.05) is 12.1 Å². The Morgan fingerprint density at radius 1 is 0.810 bits per heavy atom. The molecule has 0 heterocycles. The average Bonchev–Trinajstić information content (AvgIpc) is 2.49. The maximum absolute atomic E-state index is 3.88. The Bertz CT molecular complexity index is 525. The number of benzene rings is 2. The molecule has 1 heteroatoms. The minimum atomic E-state index is 0.170. The summed E-state index contributed by atoms with van der Waals surface area (Å²) < 4.78 is 0. The standard InChI is InChI=1S/C20H27N/c1-5-18(16-12-8-6-9-13-16)21-19(20(2,3)4)17-14-10-7-11-15-17/h6-15,18-19,21H,5H2,1-4H3. The highest BCUT2D eigenvalue weighted by Crippen LogP contribution is 2.35. The van der Waals surface area contributed by atoms with Crippen molar-refractivity contribution in [3.05, 3.63) is 71.8 Å². The first-order chi connectivity index (χ1) is 10.0. The summed E-state index contributed by atoms with van der Waals surface area (Å²) >= 11 is 0. The van der Waals surface area contributed by atoms with Crippen LogP contribution in [0.15, 0.2) is 60.7 Å². The van der Waals surface area contributed by atoms with Crippen LogP contribution in [0.25, 0.3) is 0 Å². The van der Waals surface area contributed by atoms with Crippen molar-refractivity contribution in [1.82, 2.24) is 5.32 Å². The molecule has 0 amide bonds. The van der Waals surface area contributed by atoms with Crippen molar-refractivity contribution >= 4 is 0 Å². The van der Waals surface area contributed by atoms with Crippen molar-refractivity contribution < 1.29 is 0 Å². The fraction of sp³-hybridized carbons (Fsp3) is 0.400. The predicted molar refractivity (Wildman–Crippen MR) is 91.2 cm³/mol. The quantitative estimate of drug-likeness (QED) is 0.761. The fourth-order valence-electron chi connectivity index (χ4n) is 2.83. The third-order valence-corrected chi connectivity index (χ3v) is 3.98. The Labute approximate surface area is 129 Å². The van der Waals surface area contributed by atoms with E-state index in [1.807, 2.05) is 0 Å². The van der Waals surface area contributed by atoms with Crippen molar-refractivity contribution in [3.63, 3.8) is 0 Å². The summed E-state index contributed by atoms with van der Waals surface area (Å²) in [5.41, 5.74) is 2.90. The summed E-state index contributed by atoms with van der Waals surface area (Å²) in [6.45, 7) is 9.15. The summed E-state index contributed by atoms with van der Waals surface area (Å²) in [5.74, 6) is 0. The Hall–Kier alpha value is -1.60. The molecule has 0 aliphatic heterocycles. The first kappa shape index (κ1) is 15.8. The zero-order valence-corrected chi connectivity index (χ0v) is 13.6. The van der Waals surface area contributed by atoms with Crippen LogP contribution in [0.1, 0.15) is 57.3 Å². The number of hydrogen-bond acceptors (Lipinski definition) is 1. The highest BCUT2D eigenvalue weighted by molar-refractivity contribution is 5.23. The molecule has 0 saturated carbocycles. The van der Waals surface area contributed by atoms with Gasteiger partial charge in [-0.15, -0.1) is 0 Å². The molecule has 0 aliphatic rings. The van der Waals surface area contributed by atoms with Gasteiger partial charge in [0.25, 0.3) is 0 Å². The zero-order chi connectivity index (χ0) is 15.3. The Morgan fingerprint density at radius 2 is 1.29 bits per heavy atom. The van der Waals surface area contributed by atoms with Crippen LogP contribution >= 0.6 is 0 Å². The van der Waals surface area contributed by atoms with Crippen molar-refractivity contribution in [2.75, 3.05) is 0 Å². The number of rotatable bonds is 5. The van der Waals surface area contributed by atoms with Crippen molar-refractivity contribution in [2.45, 2.75) is 46.2 Å². The minimum Gasteiger partial charge on any atom is -0.303 e. The lowest BCUT2D eigenvalue weighted by atomic mass is 9.81. The van der Waals surface area contributed by atoms with Crippen LogP contribution < -0.4 is 5.32 Å². The van der Waals surface area contributed by atoms with Gasteiger partial charge in [-0.1, -0.05) is 88.4 Å². The highest BCUT2D eigenvalue weighted by atomic mass is 15.0. The molecule has 2 atom stereocenters. The molecule has 1 N–H and O–H groups in total. The van der Waals surface area contributed by atoms with Gasteiger partial charge in [-0.25, -0.2) is 0 Å². The minimum absolute atomic E-state index is 0.170. The summed E-state index contributed by atoms with van der Waals surface area (Å²) in [7, 11) is 0. The first-order valence-electron chi connectivity index (χ1n) is 7.88. The van der Waals surface area contributed by atoms with Gasteiger partial charge in [0.15, 0.2) is 0 Å². The van der Waals surface area contributed by atoms with Crippen LogP contribution in [-0.2, 0) is 0 Å². The second-order valence-corrected chi connectivity index (χ2v) is 6.75. The first-order valence-corrected chi connectivity index (χ1v) is 7.88. The molecule has 1 nitrogen and oxygen atoms in total. The molecule has 0 fully saturated rings. The molecule has 0 aromatic heterocycles. The third kappa shape index (κ3) is 4.18. The summed E-state index contributed by atoms with van der Waals surface area (Å²) in [5, 5.41) is 3.88. The van der Waals surface area contributed by atoms with E-state index < -0.39 is 0 Å². The van der Waals surface area contributed by atoms with E-state index >= 15 is 0 Å². The van der Waals surface area contributed by atoms with Gasteiger partial charge >= 0.3 is 0 Å². The van der Waals surface area contributed by atoms with Crippen LogP contribution in [0.3, 0.4) is 0 Å². The maximum atomic E-state index is 3.88. The van der Waals surface area contributed by atoms with Crippen molar-refractivity contribution in [3.8, 4) is 0 Å². The summed E-state index contributed by atoms with van der Waals surface area (Å²) in [6.07, 6.45) is 1.09. The third-order valence-electron chi connectivity index (χ3n) is 3.98. The fourth-order valence-corrected chi connectivity index (χ4v) is 2.83. The number of nitrogens with one attached hydrogen (secondary N) is 1. The van der Waals surface area contributed by atoms with Crippen LogP contribution in [0.5, 0.6) is 0 Å². The lowest BCUT2D eigenvalue weighted by molar-refractivity contribution is 0.247. The molecule has 0 spiro atoms. The Morgan fingerprint density at radius 3 is 1.71 bits per heavy atom. The predicted octanol–water partition coefficient (Wildman–Crippen LogP) is 5.51. The SMILES string of the molecule is CCC(NC(c1ccccc1)C(C)(C)C)c1ccccc1. The molecular weight excluding hydrogens is 254 g/mol. The van der Waals surface area contributed by atoms with E-state index in [0.717, 1.165) is 6.42 Å². The Kier molecular flexibility index (Phi) is 5.19. The van der Waals surface area contributed by atoms with E-state index in [9.17, 15) is 0 Å². The van der Waals surface area contributed by atoms with Crippen molar-refractivity contribution in [2.24, 2.45) is 5.41 Å². The zero-order valence-electron chi connectivity index (χ0n) is 13.6. The van der Waals surface area contributed by atoms with E-state index in [2.05, 4.69) is 93.7 Å². The normalized spacial score (nSPS) is 14.7. The Balaban J connectivity index is 2.26. The second-order valence-electron chi connectivity index (χ2n) is 6.75. The molecule has 2 aromatic rings. The summed E-state index contributed by atoms with van der Waals surface area (Å²) in [6, 6.07) is 22.2. The molecule has 0 radical (unpaired) electrons. The molecule has 0 saturated heterocycles. The lowest BCUT2D eigenvalue weighted by Crippen LogP contribution is -2.35. The molecule has 2 aromatic carbocycles. The van der Waals surface area contributed by atoms with E-state index in [1.54, 1.807) is 0 Å². The van der Waals surface area contributed by atoms with E-state index in [-0.39, 0.29) is 5.41 Å². The number of hydrogen-bond donors (Lipinski definition) is 1. The van der Waals surface area contributed by atoms with Gasteiger partial charge in [0.05, 0.1) is 0 Å². The topological polar surface area (TPSA) is 12.0 Å². The van der Waals surface area contributed by atoms with Crippen molar-refractivity contribution in [1.29, 1.82) is 0 Å². The second kappa shape index (κ2) is 6.91. The smallest absolute Gasteiger partial charge is 0.0374 e.